The normalized spacial score (nSPS) is 19.8. The molecule has 0 aromatic rings. The third-order valence-corrected chi connectivity index (χ3v) is 2.52. The molecule has 1 fully saturated rings. The number of rotatable bonds is 6. The fourth-order valence-corrected chi connectivity index (χ4v) is 1.62. The number of nitrogens with one attached hydrogen (secondary N) is 1. The Morgan fingerprint density at radius 3 is 2.38 bits per heavy atom. The van der Waals surface area contributed by atoms with E-state index in [0.717, 1.165) is 6.54 Å². The summed E-state index contributed by atoms with van der Waals surface area (Å²) in [6, 6.07) is 0.392. The molecule has 0 saturated heterocycles. The van der Waals surface area contributed by atoms with Gasteiger partial charge in [0.15, 0.2) is 0 Å². The van der Waals surface area contributed by atoms with Crippen LogP contribution in [0.3, 0.4) is 0 Å². The molecule has 1 aliphatic carbocycles. The molecule has 4 heteroatoms. The average molecular weight is 192 g/mol. The van der Waals surface area contributed by atoms with Crippen molar-refractivity contribution in [1.82, 2.24) is 10.2 Å². The zero-order valence-electron chi connectivity index (χ0n) is 8.26. The van der Waals surface area contributed by atoms with Crippen molar-refractivity contribution in [3.05, 3.63) is 0 Å². The second kappa shape index (κ2) is 4.86. The Kier molecular flexibility index (Phi) is 4.06. The van der Waals surface area contributed by atoms with E-state index in [0.29, 0.717) is 12.0 Å². The SMILES string of the molecule is CNC(CN(C)CC(F)F)C1CC1. The molecule has 1 N–H and O–H groups in total. The number of hydrogen-bond donors (Lipinski definition) is 1. The lowest BCUT2D eigenvalue weighted by Gasteiger charge is -2.23. The highest BCUT2D eigenvalue weighted by Gasteiger charge is 2.30. The summed E-state index contributed by atoms with van der Waals surface area (Å²) in [5.74, 6) is 0.713. The van der Waals surface area contributed by atoms with Crippen LogP contribution in [0.25, 0.3) is 0 Å². The molecule has 0 heterocycles. The third kappa shape index (κ3) is 4.00. The Morgan fingerprint density at radius 1 is 1.38 bits per heavy atom. The predicted molar refractivity (Wildman–Crippen MR) is 49.1 cm³/mol. The number of hydrogen-bond acceptors (Lipinski definition) is 2. The first-order chi connectivity index (χ1) is 6.13. The minimum Gasteiger partial charge on any atom is -0.315 e. The Morgan fingerprint density at radius 2 is 2.00 bits per heavy atom. The number of nitrogens with zero attached hydrogens (tertiary/aromatic N) is 1. The van der Waals surface area contributed by atoms with Gasteiger partial charge in [-0.05, 0) is 32.9 Å². The maximum atomic E-state index is 12.0. The first-order valence-electron chi connectivity index (χ1n) is 4.77. The molecule has 1 aliphatic rings. The molecule has 0 spiro atoms. The van der Waals surface area contributed by atoms with Crippen molar-refractivity contribution in [2.45, 2.75) is 25.3 Å². The topological polar surface area (TPSA) is 15.3 Å². The molecule has 0 amide bonds. The molecule has 1 saturated carbocycles. The van der Waals surface area contributed by atoms with Crippen LogP contribution in [0.4, 0.5) is 8.78 Å². The molecule has 13 heavy (non-hydrogen) atoms. The maximum Gasteiger partial charge on any atom is 0.251 e. The van der Waals surface area contributed by atoms with Crippen LogP contribution in [0.2, 0.25) is 0 Å². The smallest absolute Gasteiger partial charge is 0.251 e. The van der Waals surface area contributed by atoms with Crippen LogP contribution in [0.5, 0.6) is 0 Å². The molecule has 0 radical (unpaired) electrons. The van der Waals surface area contributed by atoms with Gasteiger partial charge in [-0.25, -0.2) is 8.78 Å². The third-order valence-electron chi connectivity index (χ3n) is 2.52. The number of alkyl halides is 2. The van der Waals surface area contributed by atoms with Gasteiger partial charge < -0.3 is 5.32 Å². The molecular formula is C9H18F2N2. The van der Waals surface area contributed by atoms with E-state index >= 15 is 0 Å². The molecule has 1 atom stereocenters. The first kappa shape index (κ1) is 10.9. The molecule has 1 unspecified atom stereocenters. The van der Waals surface area contributed by atoms with Crippen molar-refractivity contribution in [3.8, 4) is 0 Å². The van der Waals surface area contributed by atoms with Gasteiger partial charge in [0.25, 0.3) is 6.43 Å². The highest BCUT2D eigenvalue weighted by atomic mass is 19.3. The van der Waals surface area contributed by atoms with Gasteiger partial charge >= 0.3 is 0 Å². The fourth-order valence-electron chi connectivity index (χ4n) is 1.62. The van der Waals surface area contributed by atoms with E-state index < -0.39 is 6.43 Å². The van der Waals surface area contributed by atoms with Crippen LogP contribution < -0.4 is 5.32 Å². The Bertz CT molecular complexity index is 149. The molecule has 0 aliphatic heterocycles. The van der Waals surface area contributed by atoms with E-state index in [9.17, 15) is 8.78 Å². The lowest BCUT2D eigenvalue weighted by molar-refractivity contribution is 0.0950. The van der Waals surface area contributed by atoms with Crippen molar-refractivity contribution in [2.75, 3.05) is 27.2 Å². The zero-order chi connectivity index (χ0) is 9.84. The van der Waals surface area contributed by atoms with Gasteiger partial charge in [0.2, 0.25) is 0 Å². The molecule has 78 valence electrons. The quantitative estimate of drug-likeness (QED) is 0.680. The van der Waals surface area contributed by atoms with Crippen molar-refractivity contribution >= 4 is 0 Å². The summed E-state index contributed by atoms with van der Waals surface area (Å²) in [4.78, 5) is 1.70. The Balaban J connectivity index is 2.19. The monoisotopic (exact) mass is 192 g/mol. The van der Waals surface area contributed by atoms with Gasteiger partial charge in [0, 0.05) is 12.6 Å². The van der Waals surface area contributed by atoms with Gasteiger partial charge in [-0.3, -0.25) is 4.90 Å². The van der Waals surface area contributed by atoms with E-state index in [-0.39, 0.29) is 6.54 Å². The van der Waals surface area contributed by atoms with Gasteiger partial charge in [-0.15, -0.1) is 0 Å². The second-order valence-electron chi connectivity index (χ2n) is 3.84. The van der Waals surface area contributed by atoms with E-state index in [2.05, 4.69) is 5.32 Å². The van der Waals surface area contributed by atoms with E-state index in [1.807, 2.05) is 7.05 Å². The summed E-state index contributed by atoms with van der Waals surface area (Å²) >= 11 is 0. The largest absolute Gasteiger partial charge is 0.315 e. The lowest BCUT2D eigenvalue weighted by Crippen LogP contribution is -2.40. The summed E-state index contributed by atoms with van der Waals surface area (Å²) in [5, 5.41) is 3.18. The Labute approximate surface area is 78.3 Å². The van der Waals surface area contributed by atoms with Crippen molar-refractivity contribution in [1.29, 1.82) is 0 Å². The Hall–Kier alpha value is -0.220. The maximum absolute atomic E-state index is 12.0. The molecule has 0 aromatic heterocycles. The van der Waals surface area contributed by atoms with Gasteiger partial charge in [-0.1, -0.05) is 0 Å². The molecule has 0 aromatic carbocycles. The summed E-state index contributed by atoms with van der Waals surface area (Å²) in [6.07, 6.45) is 0.268. The van der Waals surface area contributed by atoms with Crippen LogP contribution in [-0.4, -0.2) is 44.6 Å². The molecular weight excluding hydrogens is 174 g/mol. The van der Waals surface area contributed by atoms with Crippen LogP contribution >= 0.6 is 0 Å². The minimum absolute atomic E-state index is 0.120. The summed E-state index contributed by atoms with van der Waals surface area (Å²) in [5.41, 5.74) is 0. The average Bonchev–Trinajstić information content (AvgIpc) is 2.81. The first-order valence-corrected chi connectivity index (χ1v) is 4.77. The standard InChI is InChI=1S/C9H18F2N2/c1-12-8(7-3-4-7)5-13(2)6-9(10)11/h7-9,12H,3-6H2,1-2H3. The van der Waals surface area contributed by atoms with Crippen LogP contribution in [0.15, 0.2) is 0 Å². The molecule has 0 bridgehead atoms. The van der Waals surface area contributed by atoms with Gasteiger partial charge in [-0.2, -0.15) is 0 Å². The van der Waals surface area contributed by atoms with Crippen molar-refractivity contribution < 1.29 is 8.78 Å². The van der Waals surface area contributed by atoms with E-state index in [4.69, 9.17) is 0 Å². The summed E-state index contributed by atoms with van der Waals surface area (Å²) in [6.45, 7) is 0.608. The van der Waals surface area contributed by atoms with Crippen LogP contribution in [0.1, 0.15) is 12.8 Å². The zero-order valence-corrected chi connectivity index (χ0v) is 8.26. The lowest BCUT2D eigenvalue weighted by atomic mass is 10.2. The second-order valence-corrected chi connectivity index (χ2v) is 3.84. The summed E-state index contributed by atoms with van der Waals surface area (Å²) < 4.78 is 24.0. The van der Waals surface area contributed by atoms with Crippen molar-refractivity contribution in [2.24, 2.45) is 5.92 Å². The molecule has 1 rings (SSSR count). The van der Waals surface area contributed by atoms with Gasteiger partial charge in [0.05, 0.1) is 6.54 Å². The van der Waals surface area contributed by atoms with Gasteiger partial charge in [0.1, 0.15) is 0 Å². The number of likely N-dealkylation sites (N-methyl/N-ethyl adjacent to an activating group) is 2. The minimum atomic E-state index is -2.22. The highest BCUT2D eigenvalue weighted by Crippen LogP contribution is 2.32. The van der Waals surface area contributed by atoms with E-state index in [1.165, 1.54) is 12.8 Å². The van der Waals surface area contributed by atoms with Crippen molar-refractivity contribution in [3.63, 3.8) is 0 Å². The highest BCUT2D eigenvalue weighted by molar-refractivity contribution is 4.87. The fraction of sp³-hybridized carbons (Fsp3) is 1.00. The van der Waals surface area contributed by atoms with Crippen LogP contribution in [0, 0.1) is 5.92 Å². The van der Waals surface area contributed by atoms with Crippen LogP contribution in [-0.2, 0) is 0 Å². The van der Waals surface area contributed by atoms with E-state index in [1.54, 1.807) is 11.9 Å². The molecule has 2 nitrogen and oxygen atoms in total. The predicted octanol–water partition coefficient (Wildman–Crippen LogP) is 1.18. The summed E-state index contributed by atoms with van der Waals surface area (Å²) in [7, 11) is 3.65. The number of halogens is 2.